The van der Waals surface area contributed by atoms with E-state index in [1.54, 1.807) is 30.2 Å². The summed E-state index contributed by atoms with van der Waals surface area (Å²) in [4.78, 5) is 27.8. The molecular formula is C24H30BrClN2O4. The summed E-state index contributed by atoms with van der Waals surface area (Å²) >= 11 is 9.56. The predicted molar refractivity (Wildman–Crippen MR) is 130 cm³/mol. The van der Waals surface area contributed by atoms with Crippen molar-refractivity contribution in [1.82, 2.24) is 10.2 Å². The molecular weight excluding hydrogens is 496 g/mol. The molecule has 0 radical (unpaired) electrons. The third-order valence-electron chi connectivity index (χ3n) is 4.62. The molecule has 0 heterocycles. The van der Waals surface area contributed by atoms with Gasteiger partial charge in [-0.2, -0.15) is 0 Å². The lowest BCUT2D eigenvalue weighted by Gasteiger charge is -2.33. The van der Waals surface area contributed by atoms with Gasteiger partial charge in [0.25, 0.3) is 5.91 Å². The van der Waals surface area contributed by atoms with E-state index < -0.39 is 11.6 Å². The number of carbonyl (C=O) groups excluding carboxylic acids is 2. The fourth-order valence-electron chi connectivity index (χ4n) is 3.15. The van der Waals surface area contributed by atoms with Crippen LogP contribution < -0.4 is 14.8 Å². The SMILES string of the molecule is CCC(C(=O)NC(C)(C)C)N(Cc1cccc(OC)c1)C(=O)COc1ccc(Br)cc1Cl. The summed E-state index contributed by atoms with van der Waals surface area (Å²) in [6.07, 6.45) is 0.455. The van der Waals surface area contributed by atoms with Gasteiger partial charge in [-0.05, 0) is 63.1 Å². The quantitative estimate of drug-likeness (QED) is 0.488. The summed E-state index contributed by atoms with van der Waals surface area (Å²) in [6.45, 7) is 7.60. The van der Waals surface area contributed by atoms with Crippen molar-refractivity contribution in [3.63, 3.8) is 0 Å². The Labute approximate surface area is 203 Å². The van der Waals surface area contributed by atoms with E-state index >= 15 is 0 Å². The van der Waals surface area contributed by atoms with Gasteiger partial charge in [0.1, 0.15) is 17.5 Å². The van der Waals surface area contributed by atoms with Gasteiger partial charge in [0.2, 0.25) is 5.91 Å². The second kappa shape index (κ2) is 11.6. The fraction of sp³-hybridized carbons (Fsp3) is 0.417. The van der Waals surface area contributed by atoms with Crippen LogP contribution in [0.1, 0.15) is 39.7 Å². The van der Waals surface area contributed by atoms with Crippen LogP contribution in [0, 0.1) is 0 Å². The lowest BCUT2D eigenvalue weighted by Crippen LogP contribution is -2.54. The van der Waals surface area contributed by atoms with Crippen LogP contribution >= 0.6 is 27.5 Å². The van der Waals surface area contributed by atoms with Crippen LogP contribution in [0.4, 0.5) is 0 Å². The predicted octanol–water partition coefficient (Wildman–Crippen LogP) is 5.21. The molecule has 0 bridgehead atoms. The number of hydrogen-bond acceptors (Lipinski definition) is 4. The lowest BCUT2D eigenvalue weighted by atomic mass is 10.1. The summed E-state index contributed by atoms with van der Waals surface area (Å²) in [5, 5.41) is 3.37. The molecule has 0 aliphatic carbocycles. The average Bonchev–Trinajstić information content (AvgIpc) is 2.71. The summed E-state index contributed by atoms with van der Waals surface area (Å²) in [5.41, 5.74) is 0.429. The van der Waals surface area contributed by atoms with E-state index in [-0.39, 0.29) is 25.0 Å². The fourth-order valence-corrected chi connectivity index (χ4v) is 3.88. The van der Waals surface area contributed by atoms with E-state index in [1.165, 1.54) is 0 Å². The molecule has 2 aromatic carbocycles. The van der Waals surface area contributed by atoms with Gasteiger partial charge in [0, 0.05) is 16.6 Å². The first kappa shape index (κ1) is 26.0. The van der Waals surface area contributed by atoms with E-state index in [4.69, 9.17) is 21.1 Å². The highest BCUT2D eigenvalue weighted by atomic mass is 79.9. The number of rotatable bonds is 9. The monoisotopic (exact) mass is 524 g/mol. The van der Waals surface area contributed by atoms with Crippen molar-refractivity contribution in [3.8, 4) is 11.5 Å². The van der Waals surface area contributed by atoms with Crippen molar-refractivity contribution in [2.45, 2.75) is 52.2 Å². The van der Waals surface area contributed by atoms with Gasteiger partial charge in [0.05, 0.1) is 12.1 Å². The molecule has 1 atom stereocenters. The minimum atomic E-state index is -0.656. The smallest absolute Gasteiger partial charge is 0.261 e. The number of methoxy groups -OCH3 is 1. The van der Waals surface area contributed by atoms with Crippen LogP contribution in [0.15, 0.2) is 46.9 Å². The van der Waals surface area contributed by atoms with Crippen molar-refractivity contribution in [2.24, 2.45) is 0 Å². The van der Waals surface area contributed by atoms with Crippen LogP contribution in [-0.2, 0) is 16.1 Å². The van der Waals surface area contributed by atoms with Crippen LogP contribution in [0.25, 0.3) is 0 Å². The number of carbonyl (C=O) groups is 2. The van der Waals surface area contributed by atoms with Crippen LogP contribution in [0.5, 0.6) is 11.5 Å². The van der Waals surface area contributed by atoms with Gasteiger partial charge in [-0.3, -0.25) is 9.59 Å². The Morgan fingerprint density at radius 1 is 1.19 bits per heavy atom. The lowest BCUT2D eigenvalue weighted by molar-refractivity contribution is -0.143. The first-order chi connectivity index (χ1) is 15.0. The zero-order valence-electron chi connectivity index (χ0n) is 19.1. The van der Waals surface area contributed by atoms with E-state index in [2.05, 4.69) is 21.2 Å². The van der Waals surface area contributed by atoms with E-state index in [9.17, 15) is 9.59 Å². The molecule has 2 aromatic rings. The van der Waals surface area contributed by atoms with Crippen LogP contribution in [-0.4, -0.2) is 42.0 Å². The van der Waals surface area contributed by atoms with Gasteiger partial charge in [-0.1, -0.05) is 46.6 Å². The molecule has 6 nitrogen and oxygen atoms in total. The van der Waals surface area contributed by atoms with E-state index in [0.717, 1.165) is 10.0 Å². The number of nitrogens with zero attached hydrogens (tertiary/aromatic N) is 1. The average molecular weight is 526 g/mol. The molecule has 0 spiro atoms. The molecule has 2 amide bonds. The Kier molecular flexibility index (Phi) is 9.40. The Morgan fingerprint density at radius 3 is 2.50 bits per heavy atom. The number of benzene rings is 2. The van der Waals surface area contributed by atoms with Gasteiger partial charge in [-0.25, -0.2) is 0 Å². The summed E-state index contributed by atoms with van der Waals surface area (Å²) < 4.78 is 11.8. The molecule has 174 valence electrons. The zero-order valence-corrected chi connectivity index (χ0v) is 21.4. The largest absolute Gasteiger partial charge is 0.497 e. The molecule has 0 aromatic heterocycles. The van der Waals surface area contributed by atoms with Gasteiger partial charge in [0.15, 0.2) is 6.61 Å². The van der Waals surface area contributed by atoms with Crippen LogP contribution in [0.2, 0.25) is 5.02 Å². The minimum Gasteiger partial charge on any atom is -0.497 e. The number of hydrogen-bond donors (Lipinski definition) is 1. The number of halogens is 2. The van der Waals surface area contributed by atoms with Gasteiger partial charge in [-0.15, -0.1) is 0 Å². The summed E-state index contributed by atoms with van der Waals surface area (Å²) in [5.74, 6) is 0.553. The van der Waals surface area contributed by atoms with Crippen molar-refractivity contribution in [1.29, 1.82) is 0 Å². The van der Waals surface area contributed by atoms with Gasteiger partial charge >= 0.3 is 0 Å². The maximum absolute atomic E-state index is 13.3. The summed E-state index contributed by atoms with van der Waals surface area (Å²) in [6, 6.07) is 11.9. The highest BCUT2D eigenvalue weighted by Crippen LogP contribution is 2.28. The Balaban J connectivity index is 2.28. The van der Waals surface area contributed by atoms with Crippen LogP contribution in [0.3, 0.4) is 0 Å². The Hall–Kier alpha value is -2.25. The Bertz CT molecular complexity index is 946. The highest BCUT2D eigenvalue weighted by molar-refractivity contribution is 9.10. The standard InChI is InChI=1S/C24H30BrClN2O4/c1-6-20(23(30)27-24(2,3)4)28(14-16-8-7-9-18(12-16)31-5)22(29)15-32-21-11-10-17(25)13-19(21)26/h7-13,20H,6,14-15H2,1-5H3,(H,27,30). The van der Waals surface area contributed by atoms with E-state index in [0.29, 0.717) is 22.9 Å². The molecule has 8 heteroatoms. The third-order valence-corrected chi connectivity index (χ3v) is 5.40. The highest BCUT2D eigenvalue weighted by Gasteiger charge is 2.31. The number of ether oxygens (including phenoxy) is 2. The first-order valence-corrected chi connectivity index (χ1v) is 11.5. The third kappa shape index (κ3) is 7.71. The maximum Gasteiger partial charge on any atom is 0.261 e. The summed E-state index contributed by atoms with van der Waals surface area (Å²) in [7, 11) is 1.59. The van der Waals surface area contributed by atoms with E-state index in [1.807, 2.05) is 52.0 Å². The van der Waals surface area contributed by atoms with Crippen molar-refractivity contribution in [2.75, 3.05) is 13.7 Å². The molecule has 0 fully saturated rings. The van der Waals surface area contributed by atoms with Gasteiger partial charge < -0.3 is 19.7 Å². The molecule has 0 aliphatic heterocycles. The number of amides is 2. The molecule has 0 saturated heterocycles. The molecule has 0 saturated carbocycles. The Morgan fingerprint density at radius 2 is 1.91 bits per heavy atom. The van der Waals surface area contributed by atoms with Crippen molar-refractivity contribution >= 4 is 39.3 Å². The molecule has 2 rings (SSSR count). The molecule has 0 aliphatic rings. The second-order valence-corrected chi connectivity index (χ2v) is 9.72. The number of nitrogens with one attached hydrogen (secondary N) is 1. The first-order valence-electron chi connectivity index (χ1n) is 10.4. The molecule has 1 unspecified atom stereocenters. The molecule has 1 N–H and O–H groups in total. The zero-order chi connectivity index (χ0) is 23.9. The van der Waals surface area contributed by atoms with Crippen molar-refractivity contribution in [3.05, 3.63) is 57.5 Å². The molecule has 32 heavy (non-hydrogen) atoms. The normalized spacial score (nSPS) is 12.1. The minimum absolute atomic E-state index is 0.210. The maximum atomic E-state index is 13.3. The topological polar surface area (TPSA) is 67.9 Å². The van der Waals surface area contributed by atoms with Crippen molar-refractivity contribution < 1.29 is 19.1 Å². The second-order valence-electron chi connectivity index (χ2n) is 8.40.